The zero-order chi connectivity index (χ0) is 15.2. The summed E-state index contributed by atoms with van der Waals surface area (Å²) in [4.78, 5) is 7.13. The number of nitrogens with one attached hydrogen (secondary N) is 1. The van der Waals surface area contributed by atoms with Gasteiger partial charge in [-0.2, -0.15) is 0 Å². The van der Waals surface area contributed by atoms with Crippen molar-refractivity contribution in [1.82, 2.24) is 15.2 Å². The number of aromatic nitrogens is 1. The Kier molecular flexibility index (Phi) is 6.63. The number of pyridine rings is 1. The van der Waals surface area contributed by atoms with Crippen molar-refractivity contribution >= 4 is 0 Å². The van der Waals surface area contributed by atoms with Crippen LogP contribution in [0.25, 0.3) is 0 Å². The van der Waals surface area contributed by atoms with E-state index in [0.29, 0.717) is 5.92 Å². The van der Waals surface area contributed by atoms with Crippen LogP contribution in [0.5, 0.6) is 0 Å². The van der Waals surface area contributed by atoms with E-state index in [1.807, 2.05) is 0 Å². The second-order valence-corrected chi connectivity index (χ2v) is 6.67. The molecular weight excluding hydrogens is 246 g/mol. The normalized spacial score (nSPS) is 12.4. The molecule has 1 N–H and O–H groups in total. The molecule has 114 valence electrons. The van der Waals surface area contributed by atoms with Gasteiger partial charge < -0.3 is 5.32 Å². The van der Waals surface area contributed by atoms with E-state index in [2.05, 4.69) is 70.1 Å². The first-order valence-corrected chi connectivity index (χ1v) is 7.72. The van der Waals surface area contributed by atoms with Crippen molar-refractivity contribution in [2.24, 2.45) is 5.92 Å². The van der Waals surface area contributed by atoms with E-state index < -0.39 is 0 Å². The Hall–Kier alpha value is -0.930. The first kappa shape index (κ1) is 17.1. The third-order valence-electron chi connectivity index (χ3n) is 4.02. The van der Waals surface area contributed by atoms with Crippen LogP contribution in [0.15, 0.2) is 18.2 Å². The molecule has 0 saturated heterocycles. The predicted octanol–water partition coefficient (Wildman–Crippen LogP) is 3.45. The molecule has 1 heterocycles. The van der Waals surface area contributed by atoms with Gasteiger partial charge in [-0.3, -0.25) is 9.88 Å². The molecule has 0 aromatic carbocycles. The lowest BCUT2D eigenvalue weighted by Crippen LogP contribution is -2.40. The van der Waals surface area contributed by atoms with Crippen molar-refractivity contribution in [1.29, 1.82) is 0 Å². The van der Waals surface area contributed by atoms with Crippen molar-refractivity contribution in [3.63, 3.8) is 0 Å². The van der Waals surface area contributed by atoms with Gasteiger partial charge in [-0.25, -0.2) is 0 Å². The maximum atomic E-state index is 4.75. The smallest absolute Gasteiger partial charge is 0.0547 e. The predicted molar refractivity (Wildman–Crippen MR) is 86.6 cm³/mol. The topological polar surface area (TPSA) is 28.2 Å². The zero-order valence-corrected chi connectivity index (χ0v) is 14.0. The molecule has 0 spiro atoms. The van der Waals surface area contributed by atoms with Gasteiger partial charge in [-0.15, -0.1) is 0 Å². The fraction of sp³-hybridized carbons (Fsp3) is 0.706. The summed E-state index contributed by atoms with van der Waals surface area (Å²) in [6.07, 6.45) is 1.14. The minimum absolute atomic E-state index is 0.216. The van der Waals surface area contributed by atoms with Crippen molar-refractivity contribution in [3.8, 4) is 0 Å². The van der Waals surface area contributed by atoms with Crippen LogP contribution in [0.4, 0.5) is 0 Å². The largest absolute Gasteiger partial charge is 0.311 e. The number of hydrogen-bond donors (Lipinski definition) is 1. The summed E-state index contributed by atoms with van der Waals surface area (Å²) in [7, 11) is 2.18. The zero-order valence-electron chi connectivity index (χ0n) is 14.0. The minimum Gasteiger partial charge on any atom is -0.311 e. The Morgan fingerprint density at radius 3 is 2.50 bits per heavy atom. The molecular formula is C17H31N3. The number of hydrogen-bond acceptors (Lipinski definition) is 3. The molecule has 0 amide bonds. The van der Waals surface area contributed by atoms with Crippen LogP contribution in [0.3, 0.4) is 0 Å². The molecule has 20 heavy (non-hydrogen) atoms. The van der Waals surface area contributed by atoms with E-state index in [1.54, 1.807) is 0 Å². The summed E-state index contributed by atoms with van der Waals surface area (Å²) < 4.78 is 0. The molecule has 0 fully saturated rings. The Balaban J connectivity index is 2.59. The van der Waals surface area contributed by atoms with E-state index in [0.717, 1.165) is 37.4 Å². The van der Waals surface area contributed by atoms with Crippen LogP contribution in [-0.4, -0.2) is 29.0 Å². The van der Waals surface area contributed by atoms with Gasteiger partial charge in [0.15, 0.2) is 0 Å². The van der Waals surface area contributed by atoms with Gasteiger partial charge in [0.25, 0.3) is 0 Å². The van der Waals surface area contributed by atoms with Gasteiger partial charge in [0.05, 0.1) is 11.4 Å². The lowest BCUT2D eigenvalue weighted by Gasteiger charge is -2.34. The molecule has 0 radical (unpaired) electrons. The van der Waals surface area contributed by atoms with Crippen molar-refractivity contribution in [2.75, 3.05) is 13.6 Å². The third-order valence-corrected chi connectivity index (χ3v) is 4.02. The van der Waals surface area contributed by atoms with Crippen LogP contribution in [0.1, 0.15) is 52.4 Å². The number of nitrogens with zero attached hydrogens (tertiary/aromatic N) is 2. The monoisotopic (exact) mass is 277 g/mol. The highest BCUT2D eigenvalue weighted by molar-refractivity contribution is 5.11. The molecule has 0 atom stereocenters. The quantitative estimate of drug-likeness (QED) is 0.789. The van der Waals surface area contributed by atoms with E-state index >= 15 is 0 Å². The van der Waals surface area contributed by atoms with Gasteiger partial charge in [0.2, 0.25) is 0 Å². The fourth-order valence-corrected chi connectivity index (χ4v) is 1.93. The minimum atomic E-state index is 0.216. The lowest BCUT2D eigenvalue weighted by atomic mass is 10.00. The average Bonchev–Trinajstić information content (AvgIpc) is 2.38. The average molecular weight is 277 g/mol. The molecule has 1 rings (SSSR count). The van der Waals surface area contributed by atoms with Crippen LogP contribution in [0.2, 0.25) is 0 Å². The SMILES string of the molecule is CCC(C)(C)N(C)Cc1cccc(CNCC(C)C)n1. The highest BCUT2D eigenvalue weighted by atomic mass is 15.2. The van der Waals surface area contributed by atoms with Gasteiger partial charge in [-0.1, -0.05) is 26.8 Å². The van der Waals surface area contributed by atoms with Crippen LogP contribution in [0, 0.1) is 5.92 Å². The van der Waals surface area contributed by atoms with E-state index in [4.69, 9.17) is 4.98 Å². The first-order chi connectivity index (χ1) is 9.35. The Bertz CT molecular complexity index is 399. The fourth-order valence-electron chi connectivity index (χ4n) is 1.93. The highest BCUT2D eigenvalue weighted by Crippen LogP contribution is 2.18. The maximum Gasteiger partial charge on any atom is 0.0547 e. The van der Waals surface area contributed by atoms with Crippen molar-refractivity contribution < 1.29 is 0 Å². The molecule has 1 aromatic rings. The molecule has 1 aromatic heterocycles. The third kappa shape index (κ3) is 5.59. The molecule has 0 aliphatic carbocycles. The summed E-state index contributed by atoms with van der Waals surface area (Å²) in [5.41, 5.74) is 2.50. The Labute approximate surface area is 124 Å². The van der Waals surface area contributed by atoms with E-state index in [1.165, 1.54) is 0 Å². The van der Waals surface area contributed by atoms with Crippen LogP contribution >= 0.6 is 0 Å². The Morgan fingerprint density at radius 2 is 1.90 bits per heavy atom. The molecule has 3 heteroatoms. The summed E-state index contributed by atoms with van der Waals surface area (Å²) in [5, 5.41) is 3.45. The van der Waals surface area contributed by atoms with Crippen LogP contribution < -0.4 is 5.32 Å². The van der Waals surface area contributed by atoms with Gasteiger partial charge in [0.1, 0.15) is 0 Å². The van der Waals surface area contributed by atoms with Crippen LogP contribution in [-0.2, 0) is 13.1 Å². The number of rotatable bonds is 8. The summed E-state index contributed by atoms with van der Waals surface area (Å²) in [6, 6.07) is 6.33. The second kappa shape index (κ2) is 7.75. The molecule has 3 nitrogen and oxygen atoms in total. The molecule has 0 unspecified atom stereocenters. The molecule has 0 bridgehead atoms. The lowest BCUT2D eigenvalue weighted by molar-refractivity contribution is 0.141. The summed E-state index contributed by atoms with van der Waals surface area (Å²) >= 11 is 0. The van der Waals surface area contributed by atoms with E-state index in [9.17, 15) is 0 Å². The van der Waals surface area contributed by atoms with Gasteiger partial charge in [-0.05, 0) is 51.9 Å². The Morgan fingerprint density at radius 1 is 1.25 bits per heavy atom. The van der Waals surface area contributed by atoms with Gasteiger partial charge >= 0.3 is 0 Å². The molecule has 0 saturated carbocycles. The highest BCUT2D eigenvalue weighted by Gasteiger charge is 2.21. The van der Waals surface area contributed by atoms with Crippen molar-refractivity contribution in [2.45, 2.75) is 59.7 Å². The summed E-state index contributed by atoms with van der Waals surface area (Å²) in [5.74, 6) is 0.676. The second-order valence-electron chi connectivity index (χ2n) is 6.67. The van der Waals surface area contributed by atoms with E-state index in [-0.39, 0.29) is 5.54 Å². The van der Waals surface area contributed by atoms with Crippen molar-refractivity contribution in [3.05, 3.63) is 29.6 Å². The first-order valence-electron chi connectivity index (χ1n) is 7.72. The maximum absolute atomic E-state index is 4.75. The molecule has 0 aliphatic rings. The molecule has 0 aliphatic heterocycles. The van der Waals surface area contributed by atoms with Gasteiger partial charge in [0, 0.05) is 18.6 Å². The summed E-state index contributed by atoms with van der Waals surface area (Å²) in [6.45, 7) is 14.0. The standard InChI is InChI=1S/C17H31N3/c1-7-17(4,5)20(6)13-16-10-8-9-15(19-16)12-18-11-14(2)3/h8-10,14,18H,7,11-13H2,1-6H3.